The number of hydrogen-bond acceptors (Lipinski definition) is 3. The van der Waals surface area contributed by atoms with E-state index in [9.17, 15) is 14.0 Å². The van der Waals surface area contributed by atoms with Crippen LogP contribution in [0.25, 0.3) is 0 Å². The van der Waals surface area contributed by atoms with E-state index in [1.54, 1.807) is 48.1 Å². The molecule has 0 aliphatic rings. The molecule has 20 heavy (non-hydrogen) atoms. The smallest absolute Gasteiger partial charge is 0.274 e. The molecule has 0 aliphatic heterocycles. The highest BCUT2D eigenvalue weighted by atomic mass is 32.2. The Hall–Kier alpha value is -2.08. The Labute approximate surface area is 120 Å². The van der Waals surface area contributed by atoms with Crippen molar-refractivity contribution in [1.82, 2.24) is 9.88 Å². The summed E-state index contributed by atoms with van der Waals surface area (Å²) in [6, 6.07) is 9.53. The van der Waals surface area contributed by atoms with Crippen LogP contribution in [0.15, 0.2) is 47.5 Å². The summed E-state index contributed by atoms with van der Waals surface area (Å²) in [7, 11) is 1.72. The maximum Gasteiger partial charge on any atom is 0.274 e. The van der Waals surface area contributed by atoms with E-state index >= 15 is 0 Å². The van der Waals surface area contributed by atoms with E-state index in [-0.39, 0.29) is 11.6 Å². The number of hydrogen-bond donors (Lipinski definition) is 1. The summed E-state index contributed by atoms with van der Waals surface area (Å²) < 4.78 is 15.0. The summed E-state index contributed by atoms with van der Waals surface area (Å²) in [5, 5.41) is 2.27. The minimum atomic E-state index is -0.461. The maximum absolute atomic E-state index is 13.4. The molecular formula is C14H13FN2O2S. The van der Waals surface area contributed by atoms with Crippen molar-refractivity contribution in [1.29, 1.82) is 0 Å². The van der Waals surface area contributed by atoms with Crippen LogP contribution in [0, 0.1) is 5.82 Å². The van der Waals surface area contributed by atoms with Gasteiger partial charge in [-0.3, -0.25) is 14.9 Å². The molecule has 1 heterocycles. The first-order valence-electron chi connectivity index (χ1n) is 5.91. The molecule has 1 N–H and O–H groups in total. The lowest BCUT2D eigenvalue weighted by Gasteiger charge is -2.05. The summed E-state index contributed by atoms with van der Waals surface area (Å²) in [5.74, 6) is -1.31. The lowest BCUT2D eigenvalue weighted by Crippen LogP contribution is -2.32. The number of amides is 2. The van der Waals surface area contributed by atoms with Gasteiger partial charge in [0.25, 0.3) is 5.91 Å². The highest BCUT2D eigenvalue weighted by Gasteiger charge is 2.13. The zero-order chi connectivity index (χ0) is 14.5. The molecule has 0 aliphatic carbocycles. The summed E-state index contributed by atoms with van der Waals surface area (Å²) in [6.45, 7) is 0. The van der Waals surface area contributed by atoms with Crippen LogP contribution in [-0.4, -0.2) is 22.1 Å². The lowest BCUT2D eigenvalue weighted by atomic mass is 10.3. The second-order valence-corrected chi connectivity index (χ2v) is 5.12. The Morgan fingerprint density at radius 2 is 2.00 bits per heavy atom. The number of thioether (sulfide) groups is 1. The van der Waals surface area contributed by atoms with Gasteiger partial charge < -0.3 is 4.57 Å². The molecule has 0 radical (unpaired) electrons. The van der Waals surface area contributed by atoms with Gasteiger partial charge in [-0.05, 0) is 24.3 Å². The van der Waals surface area contributed by atoms with Crippen molar-refractivity contribution < 1.29 is 14.0 Å². The van der Waals surface area contributed by atoms with Crippen molar-refractivity contribution in [2.75, 3.05) is 5.75 Å². The van der Waals surface area contributed by atoms with E-state index in [0.29, 0.717) is 10.6 Å². The number of halogens is 1. The van der Waals surface area contributed by atoms with Gasteiger partial charge in [-0.15, -0.1) is 11.8 Å². The van der Waals surface area contributed by atoms with Crippen molar-refractivity contribution in [3.8, 4) is 0 Å². The van der Waals surface area contributed by atoms with E-state index in [0.717, 1.165) is 11.8 Å². The lowest BCUT2D eigenvalue weighted by molar-refractivity contribution is -0.117. The van der Waals surface area contributed by atoms with Gasteiger partial charge in [-0.25, -0.2) is 4.39 Å². The molecule has 0 atom stereocenters. The van der Waals surface area contributed by atoms with Crippen LogP contribution in [0.4, 0.5) is 4.39 Å². The SMILES string of the molecule is Cn1cccc1C(=O)NC(=O)CSc1ccccc1F. The molecule has 0 bridgehead atoms. The minimum absolute atomic E-state index is 0.0168. The van der Waals surface area contributed by atoms with Crippen molar-refractivity contribution >= 4 is 23.6 Å². The average molecular weight is 292 g/mol. The number of benzene rings is 1. The molecule has 2 amide bonds. The topological polar surface area (TPSA) is 51.1 Å². The average Bonchev–Trinajstić information content (AvgIpc) is 2.84. The molecule has 0 unspecified atom stereocenters. The highest BCUT2D eigenvalue weighted by molar-refractivity contribution is 8.00. The third kappa shape index (κ3) is 3.48. The van der Waals surface area contributed by atoms with Crippen molar-refractivity contribution in [2.24, 2.45) is 7.05 Å². The van der Waals surface area contributed by atoms with E-state index in [2.05, 4.69) is 5.32 Å². The van der Waals surface area contributed by atoms with Crippen LogP contribution in [0.5, 0.6) is 0 Å². The van der Waals surface area contributed by atoms with Gasteiger partial charge in [-0.2, -0.15) is 0 Å². The van der Waals surface area contributed by atoms with Crippen LogP contribution < -0.4 is 5.32 Å². The molecule has 0 saturated carbocycles. The van der Waals surface area contributed by atoms with E-state index in [4.69, 9.17) is 0 Å². The fourth-order valence-corrected chi connectivity index (χ4v) is 2.37. The Kier molecular flexibility index (Phi) is 4.57. The van der Waals surface area contributed by atoms with Gasteiger partial charge in [0.05, 0.1) is 5.75 Å². The third-order valence-corrected chi connectivity index (χ3v) is 3.67. The number of carbonyl (C=O) groups is 2. The normalized spacial score (nSPS) is 10.3. The van der Waals surface area contributed by atoms with Crippen molar-refractivity contribution in [3.63, 3.8) is 0 Å². The Balaban J connectivity index is 1.89. The molecule has 0 spiro atoms. The minimum Gasteiger partial charge on any atom is -0.347 e. The standard InChI is InChI=1S/C14H13FN2O2S/c1-17-8-4-6-11(17)14(19)16-13(18)9-20-12-7-3-2-5-10(12)15/h2-8H,9H2,1H3,(H,16,18,19). The molecule has 2 aromatic rings. The highest BCUT2D eigenvalue weighted by Crippen LogP contribution is 2.20. The van der Waals surface area contributed by atoms with Gasteiger partial charge in [-0.1, -0.05) is 12.1 Å². The largest absolute Gasteiger partial charge is 0.347 e. The third-order valence-electron chi connectivity index (χ3n) is 2.62. The number of rotatable bonds is 4. The fourth-order valence-electron chi connectivity index (χ4n) is 1.63. The maximum atomic E-state index is 13.4. The molecular weight excluding hydrogens is 279 g/mol. The number of imide groups is 1. The zero-order valence-corrected chi connectivity index (χ0v) is 11.6. The molecule has 2 rings (SSSR count). The number of nitrogens with one attached hydrogen (secondary N) is 1. The van der Waals surface area contributed by atoms with E-state index in [1.807, 2.05) is 0 Å². The first-order chi connectivity index (χ1) is 9.58. The Morgan fingerprint density at radius 1 is 1.25 bits per heavy atom. The molecule has 0 saturated heterocycles. The molecule has 0 fully saturated rings. The monoisotopic (exact) mass is 292 g/mol. The molecule has 6 heteroatoms. The van der Waals surface area contributed by atoms with Gasteiger partial charge in [0.1, 0.15) is 11.5 Å². The molecule has 104 valence electrons. The Morgan fingerprint density at radius 3 is 2.65 bits per heavy atom. The second kappa shape index (κ2) is 6.38. The number of nitrogens with zero attached hydrogens (tertiary/aromatic N) is 1. The summed E-state index contributed by atoms with van der Waals surface area (Å²) in [4.78, 5) is 23.8. The number of carbonyl (C=O) groups excluding carboxylic acids is 2. The zero-order valence-electron chi connectivity index (χ0n) is 10.8. The molecule has 1 aromatic heterocycles. The Bertz CT molecular complexity index is 640. The van der Waals surface area contributed by atoms with Gasteiger partial charge in [0, 0.05) is 18.1 Å². The van der Waals surface area contributed by atoms with Gasteiger partial charge in [0.15, 0.2) is 0 Å². The van der Waals surface area contributed by atoms with Gasteiger partial charge in [0.2, 0.25) is 5.91 Å². The van der Waals surface area contributed by atoms with Crippen LogP contribution in [0.3, 0.4) is 0 Å². The van der Waals surface area contributed by atoms with E-state index in [1.165, 1.54) is 6.07 Å². The quantitative estimate of drug-likeness (QED) is 0.879. The molecule has 4 nitrogen and oxygen atoms in total. The van der Waals surface area contributed by atoms with Crippen molar-refractivity contribution in [3.05, 3.63) is 54.1 Å². The molecule has 1 aromatic carbocycles. The second-order valence-electron chi connectivity index (χ2n) is 4.10. The van der Waals surface area contributed by atoms with Crippen LogP contribution in [0.1, 0.15) is 10.5 Å². The van der Waals surface area contributed by atoms with E-state index < -0.39 is 11.8 Å². The number of aryl methyl sites for hydroxylation is 1. The van der Waals surface area contributed by atoms with Crippen LogP contribution in [-0.2, 0) is 11.8 Å². The van der Waals surface area contributed by atoms with Crippen LogP contribution >= 0.6 is 11.8 Å². The van der Waals surface area contributed by atoms with Crippen molar-refractivity contribution in [2.45, 2.75) is 4.90 Å². The van der Waals surface area contributed by atoms with Crippen LogP contribution in [0.2, 0.25) is 0 Å². The summed E-state index contributed by atoms with van der Waals surface area (Å²) >= 11 is 1.05. The summed E-state index contributed by atoms with van der Waals surface area (Å²) in [5.41, 5.74) is 0.397. The first-order valence-corrected chi connectivity index (χ1v) is 6.89. The first kappa shape index (κ1) is 14.3. The van der Waals surface area contributed by atoms with Gasteiger partial charge >= 0.3 is 0 Å². The predicted octanol–water partition coefficient (Wildman–Crippen LogP) is 2.21. The number of aromatic nitrogens is 1. The fraction of sp³-hybridized carbons (Fsp3) is 0.143. The summed E-state index contributed by atoms with van der Waals surface area (Å²) in [6.07, 6.45) is 1.72. The predicted molar refractivity (Wildman–Crippen MR) is 75.0 cm³/mol.